The minimum absolute atomic E-state index is 0.143. The van der Waals surface area contributed by atoms with Gasteiger partial charge >= 0.3 is 0 Å². The fourth-order valence-corrected chi connectivity index (χ4v) is 5.70. The normalized spacial score (nSPS) is 15.4. The number of nitriles is 1. The predicted molar refractivity (Wildman–Crippen MR) is 142 cm³/mol. The van der Waals surface area contributed by atoms with Gasteiger partial charge in [0.25, 0.3) is 5.69 Å². The summed E-state index contributed by atoms with van der Waals surface area (Å²) in [7, 11) is 1.49. The van der Waals surface area contributed by atoms with Crippen molar-refractivity contribution in [2.75, 3.05) is 7.11 Å². The molecule has 0 amide bonds. The van der Waals surface area contributed by atoms with E-state index in [9.17, 15) is 15.4 Å². The van der Waals surface area contributed by atoms with Crippen LogP contribution in [-0.4, -0.2) is 18.2 Å². The van der Waals surface area contributed by atoms with Crippen molar-refractivity contribution in [3.05, 3.63) is 79.7 Å². The van der Waals surface area contributed by atoms with Gasteiger partial charge in [-0.3, -0.25) is 10.1 Å². The van der Waals surface area contributed by atoms with E-state index in [4.69, 9.17) is 9.47 Å². The van der Waals surface area contributed by atoms with E-state index in [0.29, 0.717) is 22.2 Å². The molecule has 186 valence electrons. The van der Waals surface area contributed by atoms with Crippen molar-refractivity contribution in [3.8, 4) is 17.6 Å². The smallest absolute Gasteiger partial charge is 0.282 e. The van der Waals surface area contributed by atoms with Crippen LogP contribution >= 0.6 is 11.3 Å². The Labute approximate surface area is 215 Å². The molecule has 3 aromatic rings. The summed E-state index contributed by atoms with van der Waals surface area (Å²) in [6, 6.07) is 14.8. The molecule has 7 nitrogen and oxygen atoms in total. The van der Waals surface area contributed by atoms with Gasteiger partial charge in [-0.05, 0) is 47.8 Å². The molecule has 1 aromatic heterocycles. The summed E-state index contributed by atoms with van der Waals surface area (Å²) in [4.78, 5) is 17.2. The van der Waals surface area contributed by atoms with Gasteiger partial charge in [-0.15, -0.1) is 11.3 Å². The zero-order valence-corrected chi connectivity index (χ0v) is 21.7. The number of nitro benzene ring substituents is 1. The van der Waals surface area contributed by atoms with Crippen molar-refractivity contribution in [2.45, 2.75) is 46.6 Å². The first-order valence-electron chi connectivity index (χ1n) is 11.8. The van der Waals surface area contributed by atoms with Crippen LogP contribution in [0.1, 0.15) is 54.3 Å². The first kappa shape index (κ1) is 25.4. The molecule has 0 unspecified atom stereocenters. The van der Waals surface area contributed by atoms with Crippen molar-refractivity contribution < 1.29 is 14.4 Å². The van der Waals surface area contributed by atoms with Crippen LogP contribution in [0, 0.1) is 32.8 Å². The highest BCUT2D eigenvalue weighted by atomic mass is 32.1. The molecule has 1 aliphatic carbocycles. The number of rotatable bonds is 7. The molecule has 0 bridgehead atoms. The minimum Gasteiger partial charge on any atom is -0.493 e. The number of aliphatic imine (C=N–C) groups is 1. The fourth-order valence-electron chi connectivity index (χ4n) is 4.48. The molecule has 4 rings (SSSR count). The molecular formula is C28H29N3O4S. The number of thiophene rings is 1. The lowest BCUT2D eigenvalue weighted by atomic mass is 9.72. The van der Waals surface area contributed by atoms with Crippen LogP contribution in [0.3, 0.4) is 0 Å². The maximum atomic E-state index is 11.9. The molecule has 8 heteroatoms. The second kappa shape index (κ2) is 10.5. The molecule has 0 aliphatic heterocycles. The summed E-state index contributed by atoms with van der Waals surface area (Å²) in [5.74, 6) is 1.19. The number of benzene rings is 2. The van der Waals surface area contributed by atoms with E-state index in [1.807, 2.05) is 30.3 Å². The van der Waals surface area contributed by atoms with Gasteiger partial charge in [0, 0.05) is 11.1 Å². The number of fused-ring (bicyclic) bond motifs is 1. The average molecular weight is 504 g/mol. The second-order valence-electron chi connectivity index (χ2n) is 9.95. The van der Waals surface area contributed by atoms with E-state index in [-0.39, 0.29) is 29.0 Å². The van der Waals surface area contributed by atoms with Gasteiger partial charge in [0.2, 0.25) is 0 Å². The van der Waals surface area contributed by atoms with E-state index in [1.165, 1.54) is 35.6 Å². The average Bonchev–Trinajstić information content (AvgIpc) is 3.22. The number of hydrogen-bond donors (Lipinski definition) is 0. The van der Waals surface area contributed by atoms with Gasteiger partial charge in [-0.2, -0.15) is 5.26 Å². The Morgan fingerprint density at radius 1 is 1.25 bits per heavy atom. The molecule has 2 aromatic carbocycles. The topological polar surface area (TPSA) is 97.8 Å². The number of nitro groups is 1. The Hall–Kier alpha value is -3.70. The van der Waals surface area contributed by atoms with Crippen LogP contribution < -0.4 is 9.47 Å². The highest BCUT2D eigenvalue weighted by Crippen LogP contribution is 2.45. The zero-order valence-electron chi connectivity index (χ0n) is 20.9. The number of nitrogens with zero attached hydrogens (tertiary/aromatic N) is 3. The van der Waals surface area contributed by atoms with Crippen molar-refractivity contribution in [2.24, 2.45) is 16.3 Å². The molecule has 1 heterocycles. The van der Waals surface area contributed by atoms with Gasteiger partial charge in [-0.1, -0.05) is 51.1 Å². The van der Waals surface area contributed by atoms with Gasteiger partial charge in [-0.25, -0.2) is 4.99 Å². The van der Waals surface area contributed by atoms with Gasteiger partial charge in [0.1, 0.15) is 17.7 Å². The molecule has 0 N–H and O–H groups in total. The maximum Gasteiger partial charge on any atom is 0.282 e. The Morgan fingerprint density at radius 3 is 2.64 bits per heavy atom. The third-order valence-corrected chi connectivity index (χ3v) is 7.81. The van der Waals surface area contributed by atoms with E-state index >= 15 is 0 Å². The highest BCUT2D eigenvalue weighted by Gasteiger charge is 2.32. The summed E-state index contributed by atoms with van der Waals surface area (Å²) >= 11 is 1.51. The van der Waals surface area contributed by atoms with Crippen LogP contribution in [-0.2, 0) is 19.4 Å². The molecular weight excluding hydrogens is 474 g/mol. The summed E-state index contributed by atoms with van der Waals surface area (Å²) in [5.41, 5.74) is 2.93. The predicted octanol–water partition coefficient (Wildman–Crippen LogP) is 7.02. The van der Waals surface area contributed by atoms with Gasteiger partial charge < -0.3 is 9.47 Å². The lowest BCUT2D eigenvalue weighted by molar-refractivity contribution is -0.385. The minimum atomic E-state index is -0.464. The molecule has 0 saturated heterocycles. The van der Waals surface area contributed by atoms with Crippen molar-refractivity contribution in [3.63, 3.8) is 0 Å². The van der Waals surface area contributed by atoms with Crippen molar-refractivity contribution in [1.29, 1.82) is 5.26 Å². The molecule has 0 radical (unpaired) electrons. The molecule has 0 spiro atoms. The summed E-state index contributed by atoms with van der Waals surface area (Å²) < 4.78 is 11.3. The first-order valence-corrected chi connectivity index (χ1v) is 12.6. The first-order chi connectivity index (χ1) is 17.2. The Morgan fingerprint density at radius 2 is 2.00 bits per heavy atom. The van der Waals surface area contributed by atoms with E-state index in [0.717, 1.165) is 30.4 Å². The molecule has 0 saturated carbocycles. The number of methoxy groups -OCH3 is 1. The van der Waals surface area contributed by atoms with Crippen LogP contribution in [0.4, 0.5) is 10.7 Å². The van der Waals surface area contributed by atoms with E-state index < -0.39 is 4.92 Å². The Balaban J connectivity index is 1.64. The summed E-state index contributed by atoms with van der Waals surface area (Å²) in [6.07, 6.45) is 4.27. The van der Waals surface area contributed by atoms with Crippen molar-refractivity contribution in [1.82, 2.24) is 0 Å². The zero-order chi connectivity index (χ0) is 25.9. The fraction of sp³-hybridized carbons (Fsp3) is 0.357. The van der Waals surface area contributed by atoms with E-state index in [1.54, 1.807) is 6.07 Å². The van der Waals surface area contributed by atoms with Crippen LogP contribution in [0.15, 0.2) is 47.5 Å². The molecule has 0 fully saturated rings. The maximum absolute atomic E-state index is 11.9. The summed E-state index contributed by atoms with van der Waals surface area (Å²) in [5, 5.41) is 22.3. The quantitative estimate of drug-likeness (QED) is 0.196. The third-order valence-electron chi connectivity index (χ3n) is 6.65. The van der Waals surface area contributed by atoms with Crippen LogP contribution in [0.25, 0.3) is 0 Å². The largest absolute Gasteiger partial charge is 0.493 e. The summed E-state index contributed by atoms with van der Waals surface area (Å²) in [6.45, 7) is 7.00. The van der Waals surface area contributed by atoms with Crippen LogP contribution in [0.2, 0.25) is 0 Å². The Kier molecular flexibility index (Phi) is 7.41. The van der Waals surface area contributed by atoms with Gasteiger partial charge in [0.05, 0.1) is 29.2 Å². The number of hydrogen-bond acceptors (Lipinski definition) is 7. The van der Waals surface area contributed by atoms with E-state index in [2.05, 4.69) is 31.8 Å². The highest BCUT2D eigenvalue weighted by molar-refractivity contribution is 7.16. The monoisotopic (exact) mass is 503 g/mol. The molecule has 1 aliphatic rings. The van der Waals surface area contributed by atoms with Crippen LogP contribution in [0.5, 0.6) is 11.5 Å². The number of ether oxygens (including phenoxy) is 2. The SMILES string of the molecule is COc1cc(C=Nc2sc3c(c2C#N)CC[C@@H](C(C)(C)C)C3)c([N+](=O)[O-])cc1OCc1ccccc1. The van der Waals surface area contributed by atoms with Crippen molar-refractivity contribution >= 4 is 28.2 Å². The standard InChI is InChI=1S/C28H29N3O4S/c1-28(2,3)20-10-11-21-22(15-29)27(36-26(21)13-20)30-16-19-12-24(34-4)25(14-23(19)31(32)33)35-17-18-8-6-5-7-9-18/h5-9,12,14,16,20H,10-11,13,17H2,1-4H3/t20-/m1/s1. The van der Waals surface area contributed by atoms with Gasteiger partial charge in [0.15, 0.2) is 11.5 Å². The third kappa shape index (κ3) is 5.42. The lowest BCUT2D eigenvalue weighted by Crippen LogP contribution is -2.26. The molecule has 36 heavy (non-hydrogen) atoms. The Bertz CT molecular complexity index is 1330. The second-order valence-corrected chi connectivity index (χ2v) is 11.0. The molecule has 1 atom stereocenters. The lowest BCUT2D eigenvalue weighted by Gasteiger charge is -2.33.